The van der Waals surface area contributed by atoms with Gasteiger partial charge in [-0.3, -0.25) is 0 Å². The zero-order valence-electron chi connectivity index (χ0n) is 7.57. The lowest BCUT2D eigenvalue weighted by Crippen LogP contribution is -2.11. The van der Waals surface area contributed by atoms with Crippen LogP contribution in [0.5, 0.6) is 0 Å². The van der Waals surface area contributed by atoms with Crippen LogP contribution in [0.25, 0.3) is 0 Å². The molecule has 1 aromatic carbocycles. The highest BCUT2D eigenvalue weighted by atomic mass is 16.5. The summed E-state index contributed by atoms with van der Waals surface area (Å²) in [6, 6.07) is 9.49. The van der Waals surface area contributed by atoms with Crippen molar-refractivity contribution >= 4 is 11.8 Å². The fourth-order valence-electron chi connectivity index (χ4n) is 0.595. The normalized spacial score (nSPS) is 8.08. The van der Waals surface area contributed by atoms with Gasteiger partial charge in [0.2, 0.25) is 0 Å². The fraction of sp³-hybridized carbons (Fsp3) is 0.222. The van der Waals surface area contributed by atoms with Gasteiger partial charge in [-0.05, 0) is 19.1 Å². The van der Waals surface area contributed by atoms with Crippen molar-refractivity contribution in [3.05, 3.63) is 30.3 Å². The van der Waals surface area contributed by atoms with E-state index in [4.69, 9.17) is 5.73 Å². The summed E-state index contributed by atoms with van der Waals surface area (Å²) in [7, 11) is 0. The molecule has 72 valence electrons. The average molecular weight is 182 g/mol. The molecule has 4 N–H and O–H groups in total. The number of amides is 1. The van der Waals surface area contributed by atoms with Crippen LogP contribution >= 0.6 is 0 Å². The first-order valence-electron chi connectivity index (χ1n) is 3.89. The molecule has 0 aromatic heterocycles. The van der Waals surface area contributed by atoms with Gasteiger partial charge < -0.3 is 16.2 Å². The Hall–Kier alpha value is -1.71. The molecular weight excluding hydrogens is 168 g/mol. The Bertz CT molecular complexity index is 237. The average Bonchev–Trinajstić information content (AvgIpc) is 2.06. The fourth-order valence-corrected chi connectivity index (χ4v) is 0.595. The molecule has 0 aliphatic rings. The quantitative estimate of drug-likeness (QED) is 0.644. The monoisotopic (exact) mass is 182 g/mol. The predicted molar refractivity (Wildman–Crippen MR) is 52.1 cm³/mol. The molecule has 0 atom stereocenters. The summed E-state index contributed by atoms with van der Waals surface area (Å²) < 4.78 is 4.18. The van der Waals surface area contributed by atoms with Gasteiger partial charge in [0.1, 0.15) is 0 Å². The highest BCUT2D eigenvalue weighted by Gasteiger charge is 1.82. The minimum atomic E-state index is -0.711. The van der Waals surface area contributed by atoms with Crippen LogP contribution in [0.15, 0.2) is 30.3 Å². The van der Waals surface area contributed by atoms with Crippen molar-refractivity contribution in [2.75, 3.05) is 12.3 Å². The van der Waals surface area contributed by atoms with Gasteiger partial charge in [-0.15, -0.1) is 0 Å². The van der Waals surface area contributed by atoms with E-state index < -0.39 is 6.09 Å². The number of nitrogens with two attached hydrogens (primary N) is 2. The lowest BCUT2D eigenvalue weighted by molar-refractivity contribution is 0.163. The number of ether oxygens (including phenoxy) is 1. The molecule has 4 nitrogen and oxygen atoms in total. The first-order valence-corrected chi connectivity index (χ1v) is 3.89. The summed E-state index contributed by atoms with van der Waals surface area (Å²) in [6.45, 7) is 2.06. The van der Waals surface area contributed by atoms with Gasteiger partial charge in [-0.2, -0.15) is 0 Å². The second-order valence-electron chi connectivity index (χ2n) is 2.16. The second-order valence-corrected chi connectivity index (χ2v) is 2.16. The molecule has 0 aliphatic heterocycles. The van der Waals surface area contributed by atoms with Crippen LogP contribution in [0.2, 0.25) is 0 Å². The van der Waals surface area contributed by atoms with Crippen molar-refractivity contribution in [3.63, 3.8) is 0 Å². The number of carbonyl (C=O) groups excluding carboxylic acids is 1. The molecule has 0 saturated carbocycles. The van der Waals surface area contributed by atoms with Gasteiger partial charge in [0.05, 0.1) is 6.61 Å². The van der Waals surface area contributed by atoms with Crippen molar-refractivity contribution in [1.82, 2.24) is 0 Å². The molecule has 0 unspecified atom stereocenters. The lowest BCUT2D eigenvalue weighted by Gasteiger charge is -1.89. The number of nitrogen functional groups attached to an aromatic ring is 1. The first-order chi connectivity index (χ1) is 6.16. The predicted octanol–water partition coefficient (Wildman–Crippen LogP) is 1.37. The summed E-state index contributed by atoms with van der Waals surface area (Å²) in [5.74, 6) is 0. The van der Waals surface area contributed by atoms with Gasteiger partial charge in [0, 0.05) is 5.69 Å². The zero-order chi connectivity index (χ0) is 10.1. The number of carbonyl (C=O) groups is 1. The Morgan fingerprint density at radius 1 is 1.38 bits per heavy atom. The Balaban J connectivity index is 0.000000226. The van der Waals surface area contributed by atoms with Crippen LogP contribution in [0.1, 0.15) is 6.92 Å². The smallest absolute Gasteiger partial charge is 0.404 e. The highest BCUT2D eigenvalue weighted by molar-refractivity contribution is 5.64. The minimum Gasteiger partial charge on any atom is -0.450 e. The molecule has 0 aliphatic carbocycles. The topological polar surface area (TPSA) is 78.3 Å². The Morgan fingerprint density at radius 2 is 1.92 bits per heavy atom. The number of hydrogen-bond donors (Lipinski definition) is 2. The highest BCUT2D eigenvalue weighted by Crippen LogP contribution is 1.95. The first kappa shape index (κ1) is 11.3. The summed E-state index contributed by atoms with van der Waals surface area (Å²) in [5, 5.41) is 0. The number of para-hydroxylation sites is 1. The van der Waals surface area contributed by atoms with E-state index in [2.05, 4.69) is 10.5 Å². The molecule has 1 rings (SSSR count). The van der Waals surface area contributed by atoms with Crippen molar-refractivity contribution < 1.29 is 9.53 Å². The minimum absolute atomic E-state index is 0.356. The van der Waals surface area contributed by atoms with Gasteiger partial charge >= 0.3 is 6.09 Å². The SMILES string of the molecule is CCOC(N)=O.Nc1ccccc1. The van der Waals surface area contributed by atoms with E-state index in [-0.39, 0.29) is 0 Å². The number of benzene rings is 1. The standard InChI is InChI=1S/C6H7N.C3H7NO2/c7-6-4-2-1-3-5-6;1-2-6-3(4)5/h1-5H,7H2;2H2,1H3,(H2,4,5). The summed E-state index contributed by atoms with van der Waals surface area (Å²) >= 11 is 0. The van der Waals surface area contributed by atoms with Crippen LogP contribution in [0.4, 0.5) is 10.5 Å². The van der Waals surface area contributed by atoms with E-state index in [1.807, 2.05) is 30.3 Å². The molecule has 13 heavy (non-hydrogen) atoms. The molecule has 0 fully saturated rings. The van der Waals surface area contributed by atoms with Crippen LogP contribution in [0, 0.1) is 0 Å². The third kappa shape index (κ3) is 8.19. The summed E-state index contributed by atoms with van der Waals surface area (Å²) in [5.41, 5.74) is 10.7. The molecule has 0 saturated heterocycles. The maximum Gasteiger partial charge on any atom is 0.404 e. The van der Waals surface area contributed by atoms with Gasteiger partial charge in [-0.25, -0.2) is 4.79 Å². The van der Waals surface area contributed by atoms with Crippen molar-refractivity contribution in [2.45, 2.75) is 6.92 Å². The van der Waals surface area contributed by atoms with E-state index in [9.17, 15) is 4.79 Å². The molecule has 1 amide bonds. The van der Waals surface area contributed by atoms with Gasteiger partial charge in [-0.1, -0.05) is 18.2 Å². The largest absolute Gasteiger partial charge is 0.450 e. The maximum atomic E-state index is 9.60. The van der Waals surface area contributed by atoms with Gasteiger partial charge in [0.25, 0.3) is 0 Å². The third-order valence-electron chi connectivity index (χ3n) is 1.09. The summed E-state index contributed by atoms with van der Waals surface area (Å²) in [6.07, 6.45) is -0.711. The lowest BCUT2D eigenvalue weighted by atomic mass is 10.3. The molecule has 4 heteroatoms. The van der Waals surface area contributed by atoms with Crippen LogP contribution in [-0.2, 0) is 4.74 Å². The van der Waals surface area contributed by atoms with Crippen molar-refractivity contribution in [3.8, 4) is 0 Å². The van der Waals surface area contributed by atoms with E-state index >= 15 is 0 Å². The molecule has 0 radical (unpaired) electrons. The second kappa shape index (κ2) is 6.97. The molecule has 0 heterocycles. The Labute approximate surface area is 77.5 Å². The van der Waals surface area contributed by atoms with Crippen molar-refractivity contribution in [2.24, 2.45) is 5.73 Å². The van der Waals surface area contributed by atoms with E-state index in [1.165, 1.54) is 0 Å². The van der Waals surface area contributed by atoms with E-state index in [1.54, 1.807) is 6.92 Å². The van der Waals surface area contributed by atoms with E-state index in [0.29, 0.717) is 6.61 Å². The van der Waals surface area contributed by atoms with Gasteiger partial charge in [0.15, 0.2) is 0 Å². The third-order valence-corrected chi connectivity index (χ3v) is 1.09. The summed E-state index contributed by atoms with van der Waals surface area (Å²) in [4.78, 5) is 9.60. The Kier molecular flexibility index (Phi) is 6.05. The maximum absolute atomic E-state index is 9.60. The van der Waals surface area contributed by atoms with Crippen LogP contribution < -0.4 is 11.5 Å². The number of primary amides is 1. The Morgan fingerprint density at radius 3 is 2.08 bits per heavy atom. The zero-order valence-corrected chi connectivity index (χ0v) is 7.57. The molecule has 1 aromatic rings. The number of rotatable bonds is 1. The van der Waals surface area contributed by atoms with E-state index in [0.717, 1.165) is 5.69 Å². The molecule has 0 bridgehead atoms. The number of hydrogen-bond acceptors (Lipinski definition) is 3. The molecule has 0 spiro atoms. The number of anilines is 1. The van der Waals surface area contributed by atoms with Crippen LogP contribution in [0.3, 0.4) is 0 Å². The van der Waals surface area contributed by atoms with Crippen molar-refractivity contribution in [1.29, 1.82) is 0 Å². The van der Waals surface area contributed by atoms with Crippen LogP contribution in [-0.4, -0.2) is 12.7 Å². The molecular formula is C9H14N2O2.